The number of anilines is 1. The zero-order valence-electron chi connectivity index (χ0n) is 24.4. The minimum Gasteiger partial charge on any atom is -0.308 e. The van der Waals surface area contributed by atoms with Crippen molar-refractivity contribution in [3.63, 3.8) is 0 Å². The summed E-state index contributed by atoms with van der Waals surface area (Å²) in [5.41, 5.74) is 10.8. The van der Waals surface area contributed by atoms with Crippen LogP contribution in [0.3, 0.4) is 0 Å². The van der Waals surface area contributed by atoms with Crippen LogP contribution in [0.5, 0.6) is 0 Å². The van der Waals surface area contributed by atoms with Crippen molar-refractivity contribution in [1.29, 1.82) is 0 Å². The summed E-state index contributed by atoms with van der Waals surface area (Å²) in [7, 11) is 0. The number of nitrogens with zero attached hydrogens (tertiary/aromatic N) is 2. The van der Waals surface area contributed by atoms with Gasteiger partial charge < -0.3 is 4.57 Å². The number of aromatic nitrogens is 1. The highest BCUT2D eigenvalue weighted by Gasteiger charge is 2.39. The molecule has 0 N–H and O–H groups in total. The van der Waals surface area contributed by atoms with E-state index in [1.807, 2.05) is 78.9 Å². The van der Waals surface area contributed by atoms with Crippen LogP contribution in [0.2, 0.25) is 0 Å². The first-order valence-corrected chi connectivity index (χ1v) is 14.8. The van der Waals surface area contributed by atoms with Gasteiger partial charge in [0.25, 0.3) is 11.8 Å². The summed E-state index contributed by atoms with van der Waals surface area (Å²) in [4.78, 5) is 29.5. The Bertz CT molecular complexity index is 2260. The summed E-state index contributed by atoms with van der Waals surface area (Å²) in [6.45, 7) is 4.23. The monoisotopic (exact) mass is 568 g/mol. The van der Waals surface area contributed by atoms with Crippen LogP contribution in [-0.4, -0.2) is 16.4 Å². The largest absolute Gasteiger partial charge is 0.308 e. The molecule has 1 aliphatic heterocycles. The molecule has 6 aromatic carbocycles. The molecule has 0 radical (unpaired) electrons. The normalized spacial score (nSPS) is 12.8. The third kappa shape index (κ3) is 3.92. The number of hydrogen-bond donors (Lipinski definition) is 0. The van der Waals surface area contributed by atoms with Crippen molar-refractivity contribution in [2.75, 3.05) is 4.90 Å². The molecule has 4 heteroatoms. The Morgan fingerprint density at radius 2 is 1.14 bits per heavy atom. The molecular weight excluding hydrogens is 540 g/mol. The fraction of sp³-hybridized carbons (Fsp3) is 0.0500. The summed E-state index contributed by atoms with van der Waals surface area (Å²) in [5.74, 6) is -0.627. The summed E-state index contributed by atoms with van der Waals surface area (Å²) in [6.07, 6.45) is 0. The number of carbonyl (C=O) groups is 2. The van der Waals surface area contributed by atoms with E-state index >= 15 is 0 Å². The van der Waals surface area contributed by atoms with E-state index in [4.69, 9.17) is 0 Å². The highest BCUT2D eigenvalue weighted by molar-refractivity contribution is 6.36. The topological polar surface area (TPSA) is 42.3 Å². The summed E-state index contributed by atoms with van der Waals surface area (Å²) < 4.78 is 2.17. The highest BCUT2D eigenvalue weighted by Crippen LogP contribution is 2.41. The van der Waals surface area contributed by atoms with E-state index in [1.165, 1.54) is 16.0 Å². The van der Waals surface area contributed by atoms with Crippen molar-refractivity contribution in [2.45, 2.75) is 13.8 Å². The van der Waals surface area contributed by atoms with Gasteiger partial charge in [-0.25, -0.2) is 4.90 Å². The van der Waals surface area contributed by atoms with Gasteiger partial charge in [-0.2, -0.15) is 0 Å². The van der Waals surface area contributed by atoms with Crippen molar-refractivity contribution < 1.29 is 9.59 Å². The standard InChI is InChI=1S/C40H28N2O2/c1-25-22-26(2)24-29(23-25)31-13-8-14-33-32-12-6-7-16-35(32)42(38(31)33)36-17-9-15-34-37(36)40(44)41(39(34)43)30-20-18-28(19-21-30)27-10-4-3-5-11-27/h3-24H,1-2H3. The lowest BCUT2D eigenvalue weighted by Crippen LogP contribution is -2.29. The summed E-state index contributed by atoms with van der Waals surface area (Å²) >= 11 is 0. The minimum absolute atomic E-state index is 0.311. The Morgan fingerprint density at radius 1 is 0.500 bits per heavy atom. The summed E-state index contributed by atoms with van der Waals surface area (Å²) in [6, 6.07) is 44.5. The molecule has 0 saturated heterocycles. The van der Waals surface area contributed by atoms with Gasteiger partial charge >= 0.3 is 0 Å². The maximum atomic E-state index is 14.3. The molecule has 0 saturated carbocycles. The zero-order chi connectivity index (χ0) is 29.9. The molecule has 8 rings (SSSR count). The fourth-order valence-electron chi connectivity index (χ4n) is 6.75. The Morgan fingerprint density at radius 3 is 1.91 bits per heavy atom. The Kier molecular flexibility index (Phi) is 5.85. The van der Waals surface area contributed by atoms with E-state index in [0.717, 1.165) is 44.1 Å². The molecule has 7 aromatic rings. The van der Waals surface area contributed by atoms with Gasteiger partial charge in [0.15, 0.2) is 0 Å². The van der Waals surface area contributed by atoms with Gasteiger partial charge in [-0.15, -0.1) is 0 Å². The van der Waals surface area contributed by atoms with E-state index in [0.29, 0.717) is 22.5 Å². The molecule has 0 bridgehead atoms. The maximum Gasteiger partial charge on any atom is 0.268 e. The van der Waals surface area contributed by atoms with Crippen LogP contribution in [-0.2, 0) is 0 Å². The Labute approximate surface area is 255 Å². The van der Waals surface area contributed by atoms with E-state index < -0.39 is 0 Å². The second-order valence-corrected chi connectivity index (χ2v) is 11.5. The van der Waals surface area contributed by atoms with Crippen molar-refractivity contribution in [3.8, 4) is 27.9 Å². The van der Waals surface area contributed by atoms with Gasteiger partial charge in [0.1, 0.15) is 0 Å². The van der Waals surface area contributed by atoms with Crippen molar-refractivity contribution >= 4 is 39.3 Å². The predicted octanol–water partition coefficient (Wildman–Crippen LogP) is 9.54. The second kappa shape index (κ2) is 9.92. The quantitative estimate of drug-likeness (QED) is 0.198. The number of hydrogen-bond acceptors (Lipinski definition) is 2. The molecule has 1 aliphatic rings. The average molecular weight is 569 g/mol. The molecule has 2 heterocycles. The van der Waals surface area contributed by atoms with Crippen LogP contribution in [0.25, 0.3) is 49.7 Å². The first-order chi connectivity index (χ1) is 21.5. The molecule has 210 valence electrons. The third-order valence-electron chi connectivity index (χ3n) is 8.59. The highest BCUT2D eigenvalue weighted by atomic mass is 16.2. The average Bonchev–Trinajstić information content (AvgIpc) is 3.52. The van der Waals surface area contributed by atoms with Crippen LogP contribution in [0, 0.1) is 13.8 Å². The number of para-hydroxylation sites is 2. The van der Waals surface area contributed by atoms with E-state index in [-0.39, 0.29) is 11.8 Å². The first kappa shape index (κ1) is 25.9. The lowest BCUT2D eigenvalue weighted by molar-refractivity contribution is 0.0926. The number of aryl methyl sites for hydroxylation is 2. The van der Waals surface area contributed by atoms with Crippen LogP contribution >= 0.6 is 0 Å². The first-order valence-electron chi connectivity index (χ1n) is 14.8. The van der Waals surface area contributed by atoms with Crippen molar-refractivity contribution in [3.05, 3.63) is 156 Å². The van der Waals surface area contributed by atoms with E-state index in [2.05, 4.69) is 66.9 Å². The number of amides is 2. The molecule has 1 aromatic heterocycles. The Balaban J connectivity index is 1.33. The number of rotatable bonds is 4. The van der Waals surface area contributed by atoms with Crippen LogP contribution in [0.15, 0.2) is 133 Å². The zero-order valence-corrected chi connectivity index (χ0v) is 24.4. The predicted molar refractivity (Wildman–Crippen MR) is 179 cm³/mol. The lowest BCUT2D eigenvalue weighted by Gasteiger charge is -2.16. The molecule has 0 aliphatic carbocycles. The Hall–Kier alpha value is -5.74. The smallest absolute Gasteiger partial charge is 0.268 e. The molecule has 0 spiro atoms. The van der Waals surface area contributed by atoms with Gasteiger partial charge in [-0.05, 0) is 60.9 Å². The lowest BCUT2D eigenvalue weighted by atomic mass is 9.98. The van der Waals surface area contributed by atoms with Gasteiger partial charge in [0.2, 0.25) is 0 Å². The second-order valence-electron chi connectivity index (χ2n) is 11.5. The number of benzene rings is 6. The fourth-order valence-corrected chi connectivity index (χ4v) is 6.75. The maximum absolute atomic E-state index is 14.3. The van der Waals surface area contributed by atoms with E-state index in [9.17, 15) is 9.59 Å². The molecular formula is C40H28N2O2. The van der Waals surface area contributed by atoms with Gasteiger partial charge in [0.05, 0.1) is 33.5 Å². The summed E-state index contributed by atoms with van der Waals surface area (Å²) in [5, 5.41) is 2.19. The molecule has 2 amide bonds. The van der Waals surface area contributed by atoms with Gasteiger partial charge in [-0.1, -0.05) is 114 Å². The third-order valence-corrected chi connectivity index (χ3v) is 8.59. The molecule has 4 nitrogen and oxygen atoms in total. The minimum atomic E-state index is -0.317. The van der Waals surface area contributed by atoms with E-state index in [1.54, 1.807) is 6.07 Å². The number of imide groups is 1. The molecule has 0 unspecified atom stereocenters. The number of fused-ring (bicyclic) bond motifs is 4. The van der Waals surface area contributed by atoms with Crippen LogP contribution in [0.4, 0.5) is 5.69 Å². The molecule has 44 heavy (non-hydrogen) atoms. The van der Waals surface area contributed by atoms with Gasteiger partial charge in [-0.3, -0.25) is 9.59 Å². The van der Waals surface area contributed by atoms with Crippen LogP contribution in [0.1, 0.15) is 31.8 Å². The molecule has 0 atom stereocenters. The van der Waals surface area contributed by atoms with Crippen molar-refractivity contribution in [1.82, 2.24) is 4.57 Å². The van der Waals surface area contributed by atoms with Gasteiger partial charge in [0, 0.05) is 16.3 Å². The van der Waals surface area contributed by atoms with Crippen LogP contribution < -0.4 is 4.90 Å². The SMILES string of the molecule is Cc1cc(C)cc(-c2cccc3c4ccccc4n(-c4cccc5c4C(=O)N(c4ccc(-c6ccccc6)cc4)C5=O)c23)c1. The van der Waals surface area contributed by atoms with Crippen molar-refractivity contribution in [2.24, 2.45) is 0 Å². The molecule has 0 fully saturated rings. The number of carbonyl (C=O) groups excluding carboxylic acids is 2.